The zero-order valence-electron chi connectivity index (χ0n) is 13.3. The van der Waals surface area contributed by atoms with Crippen LogP contribution in [0.4, 0.5) is 0 Å². The summed E-state index contributed by atoms with van der Waals surface area (Å²) in [5.74, 6) is -0.172. The molecule has 0 aliphatic carbocycles. The Hall–Kier alpha value is -1.67. The van der Waals surface area contributed by atoms with Crippen molar-refractivity contribution in [1.82, 2.24) is 24.9 Å². The van der Waals surface area contributed by atoms with Crippen molar-refractivity contribution in [3.05, 3.63) is 33.8 Å². The molecular weight excluding hydrogens is 362 g/mol. The van der Waals surface area contributed by atoms with Gasteiger partial charge in [0, 0.05) is 19.3 Å². The van der Waals surface area contributed by atoms with Crippen molar-refractivity contribution in [1.29, 1.82) is 0 Å². The maximum atomic E-state index is 12.1. The number of halogens is 1. The van der Waals surface area contributed by atoms with Gasteiger partial charge in [-0.05, 0) is 48.7 Å². The number of nitrogens with one attached hydrogen (secondary N) is 1. The first-order valence-electron chi connectivity index (χ1n) is 7.67. The molecule has 0 saturated carbocycles. The number of nitrogens with zero attached hydrogens (tertiary/aromatic N) is 4. The van der Waals surface area contributed by atoms with Crippen LogP contribution in [0.25, 0.3) is 0 Å². The Morgan fingerprint density at radius 1 is 1.48 bits per heavy atom. The van der Waals surface area contributed by atoms with E-state index in [0.717, 1.165) is 35.3 Å². The second-order valence-corrected chi connectivity index (χ2v) is 6.50. The molecule has 1 aliphatic heterocycles. The standard InChI is InChI=1S/C15H20BrN5O2/c1-10-14(16)11(2)21(18-10)9-20-6-5-13(19-20)15(22)17-8-12-4-3-7-23-12/h5-6,12H,3-4,7-9H2,1-2H3,(H,17,22)/t12-/m1/s1. The van der Waals surface area contributed by atoms with E-state index >= 15 is 0 Å². The molecule has 0 aromatic carbocycles. The Labute approximate surface area is 143 Å². The number of aromatic nitrogens is 4. The number of carbonyl (C=O) groups excluding carboxylic acids is 1. The first-order valence-corrected chi connectivity index (χ1v) is 8.46. The second kappa shape index (κ2) is 6.84. The monoisotopic (exact) mass is 381 g/mol. The van der Waals surface area contributed by atoms with Gasteiger partial charge < -0.3 is 10.1 Å². The van der Waals surface area contributed by atoms with Crippen LogP contribution in [0.3, 0.4) is 0 Å². The maximum absolute atomic E-state index is 12.1. The summed E-state index contributed by atoms with van der Waals surface area (Å²) < 4.78 is 10.0. The molecule has 124 valence electrons. The molecule has 1 fully saturated rings. The normalized spacial score (nSPS) is 17.6. The number of carbonyl (C=O) groups is 1. The fraction of sp³-hybridized carbons (Fsp3) is 0.533. The molecule has 2 aromatic heterocycles. The summed E-state index contributed by atoms with van der Waals surface area (Å²) in [6, 6.07) is 1.71. The summed E-state index contributed by atoms with van der Waals surface area (Å²) in [6.07, 6.45) is 3.98. The highest BCUT2D eigenvalue weighted by atomic mass is 79.9. The van der Waals surface area contributed by atoms with Crippen LogP contribution in [0.1, 0.15) is 34.7 Å². The minimum absolute atomic E-state index is 0.132. The molecule has 0 unspecified atom stereocenters. The van der Waals surface area contributed by atoms with Crippen LogP contribution in [0, 0.1) is 13.8 Å². The third-order valence-corrected chi connectivity index (χ3v) is 5.11. The van der Waals surface area contributed by atoms with Crippen LogP contribution < -0.4 is 5.32 Å². The lowest BCUT2D eigenvalue weighted by Crippen LogP contribution is -2.32. The molecule has 0 radical (unpaired) electrons. The predicted octanol–water partition coefficient (Wildman–Crippen LogP) is 1.87. The van der Waals surface area contributed by atoms with Crippen molar-refractivity contribution in [2.24, 2.45) is 0 Å². The number of hydrogen-bond donors (Lipinski definition) is 1. The van der Waals surface area contributed by atoms with Crippen molar-refractivity contribution in [3.63, 3.8) is 0 Å². The summed E-state index contributed by atoms with van der Waals surface area (Å²) in [4.78, 5) is 12.1. The van der Waals surface area contributed by atoms with E-state index < -0.39 is 0 Å². The lowest BCUT2D eigenvalue weighted by molar-refractivity contribution is 0.0853. The van der Waals surface area contributed by atoms with Gasteiger partial charge in [-0.25, -0.2) is 4.68 Å². The quantitative estimate of drug-likeness (QED) is 0.857. The van der Waals surface area contributed by atoms with E-state index in [-0.39, 0.29) is 12.0 Å². The largest absolute Gasteiger partial charge is 0.376 e. The fourth-order valence-corrected chi connectivity index (χ4v) is 2.90. The molecule has 1 aliphatic rings. The van der Waals surface area contributed by atoms with Gasteiger partial charge in [0.15, 0.2) is 0 Å². The molecule has 8 heteroatoms. The van der Waals surface area contributed by atoms with Crippen molar-refractivity contribution in [2.75, 3.05) is 13.2 Å². The SMILES string of the molecule is Cc1nn(Cn2ccc(C(=O)NC[C@H]3CCCO3)n2)c(C)c1Br. The van der Waals surface area contributed by atoms with E-state index in [1.165, 1.54) is 0 Å². The van der Waals surface area contributed by atoms with E-state index in [4.69, 9.17) is 4.74 Å². The van der Waals surface area contributed by atoms with Crippen LogP contribution in [-0.2, 0) is 11.4 Å². The van der Waals surface area contributed by atoms with Crippen molar-refractivity contribution in [3.8, 4) is 0 Å². The van der Waals surface area contributed by atoms with Gasteiger partial charge in [0.1, 0.15) is 12.4 Å². The molecule has 1 atom stereocenters. The summed E-state index contributed by atoms with van der Waals surface area (Å²) in [5.41, 5.74) is 2.37. The van der Waals surface area contributed by atoms with Crippen LogP contribution >= 0.6 is 15.9 Å². The Balaban J connectivity index is 1.60. The smallest absolute Gasteiger partial charge is 0.271 e. The Morgan fingerprint density at radius 3 is 2.96 bits per heavy atom. The van der Waals surface area contributed by atoms with E-state index in [0.29, 0.717) is 18.9 Å². The van der Waals surface area contributed by atoms with Crippen LogP contribution in [0.15, 0.2) is 16.7 Å². The zero-order valence-corrected chi connectivity index (χ0v) is 14.8. The average Bonchev–Trinajstić information content (AvgIpc) is 3.25. The van der Waals surface area contributed by atoms with Gasteiger partial charge in [0.05, 0.1) is 22.0 Å². The second-order valence-electron chi connectivity index (χ2n) is 5.71. The summed E-state index contributed by atoms with van der Waals surface area (Å²) in [7, 11) is 0. The van der Waals surface area contributed by atoms with Gasteiger partial charge in [-0.3, -0.25) is 9.48 Å². The van der Waals surface area contributed by atoms with Gasteiger partial charge in [0.2, 0.25) is 0 Å². The molecule has 1 saturated heterocycles. The van der Waals surface area contributed by atoms with Gasteiger partial charge in [-0.15, -0.1) is 0 Å². The third-order valence-electron chi connectivity index (χ3n) is 3.96. The highest BCUT2D eigenvalue weighted by Crippen LogP contribution is 2.19. The first kappa shape index (κ1) is 16.2. The molecule has 0 spiro atoms. The summed E-state index contributed by atoms with van der Waals surface area (Å²) in [5, 5.41) is 11.6. The lowest BCUT2D eigenvalue weighted by atomic mass is 10.2. The summed E-state index contributed by atoms with van der Waals surface area (Å²) in [6.45, 7) is 5.73. The van der Waals surface area contributed by atoms with Gasteiger partial charge in [-0.2, -0.15) is 10.2 Å². The Bertz CT molecular complexity index is 703. The molecule has 23 heavy (non-hydrogen) atoms. The van der Waals surface area contributed by atoms with E-state index in [1.54, 1.807) is 16.9 Å². The average molecular weight is 382 g/mol. The molecule has 0 bridgehead atoms. The fourth-order valence-electron chi connectivity index (χ4n) is 2.61. The van der Waals surface area contributed by atoms with Crippen LogP contribution in [-0.4, -0.2) is 44.7 Å². The third kappa shape index (κ3) is 3.64. The van der Waals surface area contributed by atoms with Crippen molar-refractivity contribution in [2.45, 2.75) is 39.5 Å². The molecule has 1 amide bonds. The predicted molar refractivity (Wildman–Crippen MR) is 88.3 cm³/mol. The number of aryl methyl sites for hydroxylation is 1. The van der Waals surface area contributed by atoms with Gasteiger partial charge in [0.25, 0.3) is 5.91 Å². The number of hydrogen-bond acceptors (Lipinski definition) is 4. The van der Waals surface area contributed by atoms with Crippen molar-refractivity contribution < 1.29 is 9.53 Å². The van der Waals surface area contributed by atoms with Gasteiger partial charge >= 0.3 is 0 Å². The Morgan fingerprint density at radius 2 is 2.30 bits per heavy atom. The van der Waals surface area contributed by atoms with E-state index in [9.17, 15) is 4.79 Å². The van der Waals surface area contributed by atoms with Gasteiger partial charge in [-0.1, -0.05) is 0 Å². The van der Waals surface area contributed by atoms with E-state index in [2.05, 4.69) is 31.4 Å². The highest BCUT2D eigenvalue weighted by molar-refractivity contribution is 9.10. The molecule has 3 rings (SSSR count). The molecule has 1 N–H and O–H groups in total. The zero-order chi connectivity index (χ0) is 16.4. The summed E-state index contributed by atoms with van der Waals surface area (Å²) >= 11 is 3.51. The number of amides is 1. The lowest BCUT2D eigenvalue weighted by Gasteiger charge is -2.09. The minimum Gasteiger partial charge on any atom is -0.376 e. The molecule has 3 heterocycles. The van der Waals surface area contributed by atoms with Crippen LogP contribution in [0.5, 0.6) is 0 Å². The molecule has 7 nitrogen and oxygen atoms in total. The van der Waals surface area contributed by atoms with Crippen LogP contribution in [0.2, 0.25) is 0 Å². The molecular formula is C15H20BrN5O2. The first-order chi connectivity index (χ1) is 11.0. The number of rotatable bonds is 5. The molecule has 2 aromatic rings. The topological polar surface area (TPSA) is 74.0 Å². The number of ether oxygens (including phenoxy) is 1. The van der Waals surface area contributed by atoms with Crippen molar-refractivity contribution >= 4 is 21.8 Å². The van der Waals surface area contributed by atoms with E-state index in [1.807, 2.05) is 18.5 Å². The Kier molecular flexibility index (Phi) is 4.82. The maximum Gasteiger partial charge on any atom is 0.271 e. The minimum atomic E-state index is -0.172. The highest BCUT2D eigenvalue weighted by Gasteiger charge is 2.18.